The minimum absolute atomic E-state index is 0.0148. The summed E-state index contributed by atoms with van der Waals surface area (Å²) in [6.07, 6.45) is 0.774. The molecule has 0 spiro atoms. The van der Waals surface area contributed by atoms with Gasteiger partial charge in [-0.05, 0) is 55.2 Å². The van der Waals surface area contributed by atoms with Crippen LogP contribution in [0.1, 0.15) is 50.0 Å². The second-order valence-corrected chi connectivity index (χ2v) is 9.03. The first-order valence-electron chi connectivity index (χ1n) is 11.4. The summed E-state index contributed by atoms with van der Waals surface area (Å²) in [5.41, 5.74) is 0.475. The van der Waals surface area contributed by atoms with Gasteiger partial charge in [-0.25, -0.2) is 18.3 Å². The molecule has 8 nitrogen and oxygen atoms in total. The second-order valence-electron chi connectivity index (χ2n) is 9.03. The van der Waals surface area contributed by atoms with Gasteiger partial charge in [0.05, 0.1) is 17.4 Å². The number of halogens is 1. The largest absolute Gasteiger partial charge is 0.352 e. The number of carbonyl (C=O) groups is 1. The van der Waals surface area contributed by atoms with Crippen molar-refractivity contribution in [2.75, 3.05) is 0 Å². The number of rotatable bonds is 7. The fraction of sp³-hybridized carbons (Fsp3) is 0.360. The quantitative estimate of drug-likeness (QED) is 0.454. The number of amides is 1. The van der Waals surface area contributed by atoms with Crippen LogP contribution in [0.2, 0.25) is 0 Å². The third kappa shape index (κ3) is 4.37. The highest BCUT2D eigenvalue weighted by Gasteiger charge is 2.20. The van der Waals surface area contributed by atoms with Gasteiger partial charge in [-0.3, -0.25) is 14.2 Å². The summed E-state index contributed by atoms with van der Waals surface area (Å²) < 4.78 is 17.7. The molecular formula is C25H28FN5O3. The van der Waals surface area contributed by atoms with Crippen molar-refractivity contribution < 1.29 is 9.18 Å². The Bertz CT molecular complexity index is 1500. The van der Waals surface area contributed by atoms with Crippen molar-refractivity contribution in [1.29, 1.82) is 0 Å². The number of hydrogen-bond acceptors (Lipinski definition) is 4. The van der Waals surface area contributed by atoms with Crippen molar-refractivity contribution in [1.82, 2.24) is 24.1 Å². The number of carbonyl (C=O) groups excluding carboxylic acids is 1. The first-order valence-corrected chi connectivity index (χ1v) is 11.4. The highest BCUT2D eigenvalue weighted by molar-refractivity contribution is 5.98. The summed E-state index contributed by atoms with van der Waals surface area (Å²) in [6, 6.07) is 10.7. The van der Waals surface area contributed by atoms with Gasteiger partial charge in [0.15, 0.2) is 0 Å². The fourth-order valence-electron chi connectivity index (χ4n) is 3.91. The van der Waals surface area contributed by atoms with Gasteiger partial charge in [-0.15, -0.1) is 5.10 Å². The number of aromatic nitrogens is 4. The van der Waals surface area contributed by atoms with Crippen molar-refractivity contribution in [3.63, 3.8) is 0 Å². The molecule has 0 saturated heterocycles. The van der Waals surface area contributed by atoms with Gasteiger partial charge in [0.1, 0.15) is 5.82 Å². The molecule has 0 aliphatic rings. The molecule has 0 radical (unpaired) electrons. The van der Waals surface area contributed by atoms with Crippen molar-refractivity contribution in [3.8, 4) is 0 Å². The molecule has 0 aliphatic carbocycles. The number of fused-ring (bicyclic) bond motifs is 3. The Kier molecular flexibility index (Phi) is 6.37. The molecular weight excluding hydrogens is 437 g/mol. The molecule has 9 heteroatoms. The molecule has 2 heterocycles. The zero-order chi connectivity index (χ0) is 24.6. The van der Waals surface area contributed by atoms with E-state index >= 15 is 0 Å². The van der Waals surface area contributed by atoms with Gasteiger partial charge in [-0.1, -0.05) is 32.9 Å². The summed E-state index contributed by atoms with van der Waals surface area (Å²) in [5.74, 6) is -0.375. The minimum atomic E-state index is -0.471. The third-order valence-corrected chi connectivity index (χ3v) is 5.80. The molecule has 178 valence electrons. The molecule has 2 aromatic heterocycles. The Labute approximate surface area is 195 Å². The molecule has 1 unspecified atom stereocenters. The lowest BCUT2D eigenvalue weighted by atomic mass is 10.1. The summed E-state index contributed by atoms with van der Waals surface area (Å²) in [7, 11) is 0. The topological polar surface area (TPSA) is 90.4 Å². The van der Waals surface area contributed by atoms with Gasteiger partial charge < -0.3 is 5.32 Å². The van der Waals surface area contributed by atoms with E-state index in [1.165, 1.54) is 25.8 Å². The van der Waals surface area contributed by atoms with Crippen LogP contribution in [0.4, 0.5) is 4.39 Å². The first kappa shape index (κ1) is 23.4. The van der Waals surface area contributed by atoms with Crippen molar-refractivity contribution >= 4 is 22.6 Å². The molecule has 0 saturated carbocycles. The van der Waals surface area contributed by atoms with Gasteiger partial charge in [0, 0.05) is 18.2 Å². The molecule has 0 fully saturated rings. The van der Waals surface area contributed by atoms with E-state index in [9.17, 15) is 18.8 Å². The number of nitrogens with zero attached hydrogens (tertiary/aromatic N) is 4. The Morgan fingerprint density at radius 1 is 1.12 bits per heavy atom. The molecule has 4 rings (SSSR count). The van der Waals surface area contributed by atoms with Crippen LogP contribution in [0.15, 0.2) is 52.1 Å². The van der Waals surface area contributed by atoms with E-state index in [1.807, 2.05) is 27.7 Å². The fourth-order valence-corrected chi connectivity index (χ4v) is 3.91. The van der Waals surface area contributed by atoms with Gasteiger partial charge in [0.2, 0.25) is 5.78 Å². The number of benzene rings is 2. The number of hydrogen-bond donors (Lipinski definition) is 1. The van der Waals surface area contributed by atoms with Gasteiger partial charge in [0.25, 0.3) is 11.5 Å². The van der Waals surface area contributed by atoms with Crippen LogP contribution < -0.4 is 16.6 Å². The third-order valence-electron chi connectivity index (χ3n) is 5.80. The smallest absolute Gasteiger partial charge is 0.350 e. The van der Waals surface area contributed by atoms with Gasteiger partial charge >= 0.3 is 5.69 Å². The molecule has 2 aromatic carbocycles. The van der Waals surface area contributed by atoms with Crippen molar-refractivity contribution in [3.05, 3.63) is 80.2 Å². The zero-order valence-electron chi connectivity index (χ0n) is 19.7. The average Bonchev–Trinajstić information content (AvgIpc) is 3.11. The Balaban J connectivity index is 1.96. The zero-order valence-corrected chi connectivity index (χ0v) is 19.7. The minimum Gasteiger partial charge on any atom is -0.350 e. The van der Waals surface area contributed by atoms with Crippen LogP contribution in [0, 0.1) is 11.7 Å². The average molecular weight is 466 g/mol. The van der Waals surface area contributed by atoms with E-state index < -0.39 is 11.5 Å². The molecule has 1 N–H and O–H groups in total. The monoisotopic (exact) mass is 465 g/mol. The molecule has 4 aromatic rings. The van der Waals surface area contributed by atoms with Crippen molar-refractivity contribution in [2.45, 2.75) is 53.2 Å². The predicted molar refractivity (Wildman–Crippen MR) is 129 cm³/mol. The van der Waals surface area contributed by atoms with E-state index in [4.69, 9.17) is 0 Å². The Morgan fingerprint density at radius 2 is 1.88 bits per heavy atom. The van der Waals surface area contributed by atoms with E-state index in [0.29, 0.717) is 28.6 Å². The number of nitrogens with one attached hydrogen (secondary N) is 1. The molecule has 1 atom stereocenters. The molecule has 34 heavy (non-hydrogen) atoms. The van der Waals surface area contributed by atoms with E-state index in [-0.39, 0.29) is 35.7 Å². The maximum Gasteiger partial charge on any atom is 0.352 e. The first-order chi connectivity index (χ1) is 16.2. The van der Waals surface area contributed by atoms with Gasteiger partial charge in [-0.2, -0.15) is 0 Å². The summed E-state index contributed by atoms with van der Waals surface area (Å²) in [5, 5.41) is 7.67. The maximum absolute atomic E-state index is 13.7. The predicted octanol–water partition coefficient (Wildman–Crippen LogP) is 3.18. The lowest BCUT2D eigenvalue weighted by Gasteiger charge is -2.14. The van der Waals surface area contributed by atoms with E-state index in [2.05, 4.69) is 10.4 Å². The summed E-state index contributed by atoms with van der Waals surface area (Å²) >= 11 is 0. The lowest BCUT2D eigenvalue weighted by molar-refractivity contribution is 0.0939. The second kappa shape index (κ2) is 9.24. The Hall–Kier alpha value is -3.75. The van der Waals surface area contributed by atoms with Crippen LogP contribution in [0.5, 0.6) is 0 Å². The summed E-state index contributed by atoms with van der Waals surface area (Å²) in [6.45, 7) is 8.23. The van der Waals surface area contributed by atoms with Crippen LogP contribution in [-0.4, -0.2) is 30.7 Å². The molecule has 0 aliphatic heterocycles. The Morgan fingerprint density at radius 3 is 2.56 bits per heavy atom. The maximum atomic E-state index is 13.7. The lowest BCUT2D eigenvalue weighted by Crippen LogP contribution is -2.32. The van der Waals surface area contributed by atoms with Crippen LogP contribution in [0.25, 0.3) is 16.7 Å². The van der Waals surface area contributed by atoms with Crippen LogP contribution >= 0.6 is 0 Å². The summed E-state index contributed by atoms with van der Waals surface area (Å²) in [4.78, 5) is 39.5. The normalized spacial score (nSPS) is 12.5. The SMILES string of the molecule is CCC(C)NC(=O)c1ccc2c(=O)n(CC(C)C)c3nn(Cc4cccc(F)c4)c(=O)n3c2c1. The highest BCUT2D eigenvalue weighted by atomic mass is 19.1. The molecule has 1 amide bonds. The van der Waals surface area contributed by atoms with Crippen LogP contribution in [0.3, 0.4) is 0 Å². The van der Waals surface area contributed by atoms with E-state index in [0.717, 1.165) is 6.42 Å². The highest BCUT2D eigenvalue weighted by Crippen LogP contribution is 2.16. The standard InChI is InChI=1S/C25H28FN5O3/c1-5-16(4)27-22(32)18-9-10-20-21(12-18)31-24(29(23(20)33)13-15(2)3)28-30(25(31)34)14-17-7-6-8-19(26)11-17/h6-12,15-16H,5,13-14H2,1-4H3,(H,27,32). The molecule has 0 bridgehead atoms. The van der Waals surface area contributed by atoms with Crippen molar-refractivity contribution in [2.24, 2.45) is 5.92 Å². The van der Waals surface area contributed by atoms with Crippen LogP contribution in [-0.2, 0) is 13.1 Å². The van der Waals surface area contributed by atoms with E-state index in [1.54, 1.807) is 30.3 Å².